The molecule has 0 amide bonds. The minimum atomic E-state index is -0.0280. The first kappa shape index (κ1) is 13.3. The van der Waals surface area contributed by atoms with E-state index in [0.717, 1.165) is 12.0 Å². The quantitative estimate of drug-likeness (QED) is 0.864. The zero-order valence-corrected chi connectivity index (χ0v) is 12.1. The Hall–Kier alpha value is -0.730. The number of carbonyl (C=O) groups excluding carboxylic acids is 1. The van der Waals surface area contributed by atoms with Crippen LogP contribution >= 0.6 is 23.2 Å². The highest BCUT2D eigenvalue weighted by atomic mass is 35.5. The number of ketones is 1. The molecule has 2 aliphatic carbocycles. The average molecular weight is 299 g/mol. The number of carbonyl (C=O) groups is 1. The van der Waals surface area contributed by atoms with Gasteiger partial charge < -0.3 is 5.11 Å². The maximum Gasteiger partial charge on any atom is 0.168 e. The van der Waals surface area contributed by atoms with Gasteiger partial charge in [0.25, 0.3) is 0 Å². The fraction of sp³-hybridized carbons (Fsp3) is 0.533. The van der Waals surface area contributed by atoms with Gasteiger partial charge in [0.15, 0.2) is 5.78 Å². The molecule has 1 aromatic carbocycles. The van der Waals surface area contributed by atoms with Crippen LogP contribution in [-0.2, 0) is 6.42 Å². The molecular weight excluding hydrogens is 283 g/mol. The van der Waals surface area contributed by atoms with Gasteiger partial charge in [-0.25, -0.2) is 0 Å². The van der Waals surface area contributed by atoms with Crippen LogP contribution in [0, 0.1) is 11.8 Å². The van der Waals surface area contributed by atoms with Gasteiger partial charge in [0.1, 0.15) is 10.8 Å². The molecule has 1 fully saturated rings. The van der Waals surface area contributed by atoms with E-state index in [1.807, 2.05) is 0 Å². The van der Waals surface area contributed by atoms with Crippen LogP contribution in [0.3, 0.4) is 0 Å². The minimum Gasteiger partial charge on any atom is -0.506 e. The molecule has 1 saturated carbocycles. The smallest absolute Gasteiger partial charge is 0.168 e. The second-order valence-electron chi connectivity index (χ2n) is 5.71. The van der Waals surface area contributed by atoms with Gasteiger partial charge >= 0.3 is 0 Å². The van der Waals surface area contributed by atoms with E-state index in [9.17, 15) is 9.90 Å². The molecule has 0 spiro atoms. The Morgan fingerprint density at radius 2 is 1.89 bits per heavy atom. The molecule has 102 valence electrons. The van der Waals surface area contributed by atoms with Crippen molar-refractivity contribution < 1.29 is 9.90 Å². The minimum absolute atomic E-state index is 0.0217. The summed E-state index contributed by atoms with van der Waals surface area (Å²) in [6, 6.07) is 1.59. The van der Waals surface area contributed by atoms with Gasteiger partial charge in [-0.1, -0.05) is 48.9 Å². The van der Waals surface area contributed by atoms with Gasteiger partial charge in [0.05, 0.1) is 5.02 Å². The number of hydrogen-bond donors (Lipinski definition) is 1. The van der Waals surface area contributed by atoms with E-state index >= 15 is 0 Å². The molecule has 3 rings (SSSR count). The van der Waals surface area contributed by atoms with E-state index < -0.39 is 0 Å². The first-order valence-electron chi connectivity index (χ1n) is 6.82. The molecule has 0 aliphatic heterocycles. The molecular formula is C15H16Cl2O2. The highest BCUT2D eigenvalue weighted by molar-refractivity contribution is 6.45. The van der Waals surface area contributed by atoms with Crippen LogP contribution in [-0.4, -0.2) is 10.9 Å². The summed E-state index contributed by atoms with van der Waals surface area (Å²) in [7, 11) is 0. The number of phenolic OH excluding ortho intramolecular Hbond substituents is 1. The number of halogens is 2. The van der Waals surface area contributed by atoms with Crippen LogP contribution in [0.15, 0.2) is 6.07 Å². The van der Waals surface area contributed by atoms with Gasteiger partial charge in [-0.15, -0.1) is 0 Å². The number of benzene rings is 1. The summed E-state index contributed by atoms with van der Waals surface area (Å²) >= 11 is 12.0. The van der Waals surface area contributed by atoms with Crippen molar-refractivity contribution in [2.75, 3.05) is 0 Å². The Morgan fingerprint density at radius 3 is 2.58 bits per heavy atom. The van der Waals surface area contributed by atoms with Crippen molar-refractivity contribution >= 4 is 29.0 Å². The predicted octanol–water partition coefficient (Wildman–Crippen LogP) is 4.63. The van der Waals surface area contributed by atoms with Crippen molar-refractivity contribution in [3.63, 3.8) is 0 Å². The third-order valence-electron chi connectivity index (χ3n) is 4.45. The topological polar surface area (TPSA) is 37.3 Å². The fourth-order valence-corrected chi connectivity index (χ4v) is 3.95. The van der Waals surface area contributed by atoms with Crippen LogP contribution in [0.2, 0.25) is 10.0 Å². The zero-order chi connectivity index (χ0) is 13.6. The molecule has 2 nitrogen and oxygen atoms in total. The monoisotopic (exact) mass is 298 g/mol. The third-order valence-corrected chi connectivity index (χ3v) is 5.30. The molecule has 4 heteroatoms. The predicted molar refractivity (Wildman–Crippen MR) is 76.2 cm³/mol. The lowest BCUT2D eigenvalue weighted by atomic mass is 9.90. The van der Waals surface area contributed by atoms with Crippen molar-refractivity contribution in [3.05, 3.63) is 27.2 Å². The zero-order valence-electron chi connectivity index (χ0n) is 10.6. The van der Waals surface area contributed by atoms with Crippen molar-refractivity contribution in [1.82, 2.24) is 0 Å². The maximum atomic E-state index is 12.4. The lowest BCUT2D eigenvalue weighted by Gasteiger charge is -2.13. The fourth-order valence-electron chi connectivity index (χ4n) is 3.49. The van der Waals surface area contributed by atoms with Gasteiger partial charge in [0.2, 0.25) is 0 Å². The lowest BCUT2D eigenvalue weighted by molar-refractivity contribution is 0.0919. The van der Waals surface area contributed by atoms with Gasteiger partial charge in [-0.3, -0.25) is 4.79 Å². The first-order valence-corrected chi connectivity index (χ1v) is 7.57. The van der Waals surface area contributed by atoms with Crippen LogP contribution in [0.25, 0.3) is 0 Å². The molecule has 19 heavy (non-hydrogen) atoms. The number of Topliss-reactive ketones (excluding diaryl/α,β-unsaturated/α-hetero) is 1. The maximum absolute atomic E-state index is 12.4. The summed E-state index contributed by atoms with van der Waals surface area (Å²) in [5.74, 6) is 0.771. The number of hydrogen-bond acceptors (Lipinski definition) is 2. The second-order valence-corrected chi connectivity index (χ2v) is 6.47. The molecule has 2 aliphatic rings. The Labute approximate surface area is 122 Å². The van der Waals surface area contributed by atoms with E-state index in [0.29, 0.717) is 17.9 Å². The van der Waals surface area contributed by atoms with Crippen molar-refractivity contribution in [3.8, 4) is 5.75 Å². The van der Waals surface area contributed by atoms with Crippen molar-refractivity contribution in [2.45, 2.75) is 38.5 Å². The Morgan fingerprint density at radius 1 is 1.21 bits per heavy atom. The number of rotatable bonds is 2. The van der Waals surface area contributed by atoms with Crippen molar-refractivity contribution in [2.24, 2.45) is 11.8 Å². The molecule has 0 bridgehead atoms. The van der Waals surface area contributed by atoms with E-state index in [-0.39, 0.29) is 27.5 Å². The van der Waals surface area contributed by atoms with E-state index in [1.54, 1.807) is 6.07 Å². The van der Waals surface area contributed by atoms with Gasteiger partial charge in [0, 0.05) is 11.5 Å². The first-order chi connectivity index (χ1) is 9.08. The second kappa shape index (κ2) is 4.99. The molecule has 0 heterocycles. The molecule has 0 radical (unpaired) electrons. The number of phenols is 1. The lowest BCUT2D eigenvalue weighted by Crippen LogP contribution is -2.13. The number of aromatic hydroxyl groups is 1. The Balaban J connectivity index is 1.87. The SMILES string of the molecule is O=C1c2c(cc(O)c(Cl)c2Cl)C[C@@H]1CC1CCCC1. The summed E-state index contributed by atoms with van der Waals surface area (Å²) in [6.45, 7) is 0. The van der Waals surface area contributed by atoms with E-state index in [2.05, 4.69) is 0 Å². The normalized spacial score (nSPS) is 23.1. The Bertz CT molecular complexity index is 533. The average Bonchev–Trinajstić information content (AvgIpc) is 2.97. The molecule has 0 aromatic heterocycles. The van der Waals surface area contributed by atoms with Crippen LogP contribution < -0.4 is 0 Å². The molecule has 1 N–H and O–H groups in total. The van der Waals surface area contributed by atoms with Crippen LogP contribution in [0.1, 0.15) is 48.0 Å². The highest BCUT2D eigenvalue weighted by Gasteiger charge is 2.36. The van der Waals surface area contributed by atoms with Crippen LogP contribution in [0.4, 0.5) is 0 Å². The standard InChI is InChI=1S/C15H16Cl2O2/c16-13-11(18)7-9-6-10(5-8-3-1-2-4-8)15(19)12(9)14(13)17/h7-8,10,18H,1-6H2/t10-/m0/s1. The summed E-state index contributed by atoms with van der Waals surface area (Å²) < 4.78 is 0. The summed E-state index contributed by atoms with van der Waals surface area (Å²) in [5.41, 5.74) is 1.38. The van der Waals surface area contributed by atoms with E-state index in [4.69, 9.17) is 23.2 Å². The summed E-state index contributed by atoms with van der Waals surface area (Å²) in [6.07, 6.45) is 6.68. The van der Waals surface area contributed by atoms with Crippen molar-refractivity contribution in [1.29, 1.82) is 0 Å². The molecule has 1 aromatic rings. The highest BCUT2D eigenvalue weighted by Crippen LogP contribution is 2.44. The Kier molecular flexibility index (Phi) is 3.48. The molecule has 1 atom stereocenters. The summed E-state index contributed by atoms with van der Waals surface area (Å²) in [5, 5.41) is 10.0. The largest absolute Gasteiger partial charge is 0.506 e. The van der Waals surface area contributed by atoms with Gasteiger partial charge in [-0.05, 0) is 30.4 Å². The number of fused-ring (bicyclic) bond motifs is 1. The summed E-state index contributed by atoms with van der Waals surface area (Å²) in [4.78, 5) is 12.4. The van der Waals surface area contributed by atoms with E-state index in [1.165, 1.54) is 25.7 Å². The van der Waals surface area contributed by atoms with Crippen LogP contribution in [0.5, 0.6) is 5.75 Å². The third kappa shape index (κ3) is 2.25. The molecule has 0 unspecified atom stereocenters. The molecule has 0 saturated heterocycles. The van der Waals surface area contributed by atoms with Gasteiger partial charge in [-0.2, -0.15) is 0 Å².